The number of carboxylic acid groups (broad SMARTS) is 1. The van der Waals surface area contributed by atoms with Crippen LogP contribution in [0.3, 0.4) is 0 Å². The molecule has 0 saturated carbocycles. The number of nitrogens with zero attached hydrogens (tertiary/aromatic N) is 2. The Morgan fingerprint density at radius 1 is 1.23 bits per heavy atom. The summed E-state index contributed by atoms with van der Waals surface area (Å²) in [7, 11) is 0. The first-order valence-electron chi connectivity index (χ1n) is 8.76. The molecule has 26 heavy (non-hydrogen) atoms. The number of benzene rings is 1. The zero-order valence-corrected chi connectivity index (χ0v) is 15.4. The maximum absolute atomic E-state index is 13.0. The molecule has 1 aliphatic rings. The molecule has 0 radical (unpaired) electrons. The highest BCUT2D eigenvalue weighted by Gasteiger charge is 2.28. The smallest absolute Gasteiger partial charge is 0.306 e. The topological polar surface area (TPSA) is 71.8 Å². The van der Waals surface area contributed by atoms with Crippen molar-refractivity contribution < 1.29 is 19.4 Å². The van der Waals surface area contributed by atoms with Gasteiger partial charge >= 0.3 is 5.97 Å². The zero-order valence-electron chi connectivity index (χ0n) is 15.4. The third kappa shape index (κ3) is 3.51. The molecule has 2 heterocycles. The van der Waals surface area contributed by atoms with Crippen molar-refractivity contribution in [3.63, 3.8) is 0 Å². The molecule has 6 nitrogen and oxygen atoms in total. The molecule has 1 atom stereocenters. The maximum atomic E-state index is 13.0. The Hall–Kier alpha value is -2.60. The van der Waals surface area contributed by atoms with Crippen LogP contribution in [0.2, 0.25) is 0 Å². The fourth-order valence-electron chi connectivity index (χ4n) is 3.56. The van der Waals surface area contributed by atoms with E-state index < -0.39 is 12.1 Å². The van der Waals surface area contributed by atoms with Crippen molar-refractivity contribution >= 4 is 11.9 Å². The minimum absolute atomic E-state index is 0.0726. The van der Waals surface area contributed by atoms with E-state index in [1.165, 1.54) is 0 Å². The highest BCUT2D eigenvalue weighted by atomic mass is 16.5. The number of hydrogen-bond acceptors (Lipinski definition) is 3. The van der Waals surface area contributed by atoms with Crippen LogP contribution >= 0.6 is 0 Å². The number of amides is 1. The van der Waals surface area contributed by atoms with Crippen molar-refractivity contribution in [2.24, 2.45) is 0 Å². The number of aliphatic carboxylic acids is 1. The second kappa shape index (κ2) is 7.33. The average molecular weight is 356 g/mol. The van der Waals surface area contributed by atoms with Gasteiger partial charge in [0.1, 0.15) is 0 Å². The summed E-state index contributed by atoms with van der Waals surface area (Å²) in [5, 5.41) is 8.96. The van der Waals surface area contributed by atoms with Crippen molar-refractivity contribution in [1.29, 1.82) is 0 Å². The monoisotopic (exact) mass is 356 g/mol. The molecule has 0 spiro atoms. The Morgan fingerprint density at radius 2 is 1.96 bits per heavy atom. The predicted molar refractivity (Wildman–Crippen MR) is 97.9 cm³/mol. The molecular formula is C20H24N2O4. The molecule has 1 aliphatic heterocycles. The van der Waals surface area contributed by atoms with Crippen LogP contribution in [0, 0.1) is 20.8 Å². The van der Waals surface area contributed by atoms with Crippen LogP contribution < -0.4 is 0 Å². The normalized spacial score (nSPS) is 17.3. The molecule has 6 heteroatoms. The van der Waals surface area contributed by atoms with E-state index in [1.54, 1.807) is 4.90 Å². The van der Waals surface area contributed by atoms with E-state index in [4.69, 9.17) is 9.84 Å². The largest absolute Gasteiger partial charge is 0.481 e. The fourth-order valence-corrected chi connectivity index (χ4v) is 3.56. The number of rotatable bonds is 4. The van der Waals surface area contributed by atoms with Crippen molar-refractivity contribution in [3.05, 3.63) is 52.8 Å². The Morgan fingerprint density at radius 3 is 2.65 bits per heavy atom. The summed E-state index contributed by atoms with van der Waals surface area (Å²) in [5.74, 6) is -0.987. The second-order valence-electron chi connectivity index (χ2n) is 6.75. The van der Waals surface area contributed by atoms with E-state index in [1.807, 2.05) is 51.1 Å². The lowest BCUT2D eigenvalue weighted by Gasteiger charge is -2.32. The van der Waals surface area contributed by atoms with Crippen molar-refractivity contribution in [1.82, 2.24) is 9.47 Å². The first-order chi connectivity index (χ1) is 12.4. The van der Waals surface area contributed by atoms with Gasteiger partial charge in [-0.1, -0.05) is 18.2 Å². The first kappa shape index (κ1) is 18.2. The summed E-state index contributed by atoms with van der Waals surface area (Å²) >= 11 is 0. The zero-order chi connectivity index (χ0) is 18.8. The number of ether oxygens (including phenoxy) is 1. The number of aryl methyl sites for hydroxylation is 2. The maximum Gasteiger partial charge on any atom is 0.306 e. The van der Waals surface area contributed by atoms with E-state index in [-0.39, 0.29) is 12.3 Å². The molecule has 1 aromatic carbocycles. The molecule has 138 valence electrons. The van der Waals surface area contributed by atoms with E-state index in [9.17, 15) is 9.59 Å². The van der Waals surface area contributed by atoms with Crippen molar-refractivity contribution in [2.45, 2.75) is 33.3 Å². The summed E-state index contributed by atoms with van der Waals surface area (Å²) in [5.41, 5.74) is 4.74. The molecule has 1 fully saturated rings. The van der Waals surface area contributed by atoms with Crippen LogP contribution in [0.5, 0.6) is 0 Å². The van der Waals surface area contributed by atoms with Gasteiger partial charge in [-0.15, -0.1) is 0 Å². The molecule has 1 saturated heterocycles. The number of carboxylic acids is 1. The number of aromatic nitrogens is 1. The van der Waals surface area contributed by atoms with Crippen LogP contribution in [-0.4, -0.2) is 52.3 Å². The van der Waals surface area contributed by atoms with Gasteiger partial charge in [0.05, 0.1) is 24.7 Å². The average Bonchev–Trinajstić information content (AvgIpc) is 2.89. The molecule has 0 bridgehead atoms. The third-order valence-corrected chi connectivity index (χ3v) is 4.85. The summed E-state index contributed by atoms with van der Waals surface area (Å²) in [6, 6.07) is 9.98. The molecule has 1 N–H and O–H groups in total. The molecule has 1 unspecified atom stereocenters. The minimum atomic E-state index is -0.915. The van der Waals surface area contributed by atoms with Crippen LogP contribution in [0.4, 0.5) is 0 Å². The Balaban J connectivity index is 1.88. The lowest BCUT2D eigenvalue weighted by Crippen LogP contribution is -2.46. The second-order valence-corrected chi connectivity index (χ2v) is 6.75. The van der Waals surface area contributed by atoms with Gasteiger partial charge in [0.2, 0.25) is 0 Å². The minimum Gasteiger partial charge on any atom is -0.481 e. The first-order valence-corrected chi connectivity index (χ1v) is 8.76. The quantitative estimate of drug-likeness (QED) is 0.914. The standard InChI is InChI=1S/C20H24N2O4/c1-13-6-4-5-7-18(13)22-14(2)10-17(15(22)3)20(25)21-8-9-26-16(12-21)11-19(23)24/h4-7,10,16H,8-9,11-12H2,1-3H3,(H,23,24). The molecule has 1 amide bonds. The van der Waals surface area contributed by atoms with E-state index in [0.29, 0.717) is 25.3 Å². The van der Waals surface area contributed by atoms with Crippen molar-refractivity contribution in [3.8, 4) is 5.69 Å². The van der Waals surface area contributed by atoms with Crippen molar-refractivity contribution in [2.75, 3.05) is 19.7 Å². The van der Waals surface area contributed by atoms with Crippen LogP contribution in [0.15, 0.2) is 30.3 Å². The SMILES string of the molecule is Cc1ccccc1-n1c(C)cc(C(=O)N2CCOC(CC(=O)O)C2)c1C. The van der Waals surface area contributed by atoms with Crippen LogP contribution in [0.25, 0.3) is 5.69 Å². The summed E-state index contributed by atoms with van der Waals surface area (Å²) in [4.78, 5) is 25.7. The van der Waals surface area contributed by atoms with Gasteiger partial charge in [0, 0.05) is 30.2 Å². The van der Waals surface area contributed by atoms with E-state index in [2.05, 4.69) is 4.57 Å². The van der Waals surface area contributed by atoms with Gasteiger partial charge in [0.15, 0.2) is 0 Å². The third-order valence-electron chi connectivity index (χ3n) is 4.85. The lowest BCUT2D eigenvalue weighted by molar-refractivity contribution is -0.141. The number of hydrogen-bond donors (Lipinski definition) is 1. The van der Waals surface area contributed by atoms with E-state index >= 15 is 0 Å². The number of carbonyl (C=O) groups excluding carboxylic acids is 1. The van der Waals surface area contributed by atoms with Gasteiger partial charge in [-0.2, -0.15) is 0 Å². The summed E-state index contributed by atoms with van der Waals surface area (Å²) < 4.78 is 7.56. The Kier molecular flexibility index (Phi) is 5.13. The highest BCUT2D eigenvalue weighted by molar-refractivity contribution is 5.96. The lowest BCUT2D eigenvalue weighted by atomic mass is 10.1. The molecule has 2 aromatic rings. The summed E-state index contributed by atoms with van der Waals surface area (Å²) in [6.07, 6.45) is -0.545. The van der Waals surface area contributed by atoms with E-state index in [0.717, 1.165) is 22.6 Å². The number of morpholine rings is 1. The van der Waals surface area contributed by atoms with Crippen LogP contribution in [-0.2, 0) is 9.53 Å². The van der Waals surface area contributed by atoms with Gasteiger partial charge < -0.3 is 19.3 Å². The van der Waals surface area contributed by atoms with Gasteiger partial charge in [-0.3, -0.25) is 9.59 Å². The molecule has 1 aromatic heterocycles. The van der Waals surface area contributed by atoms with Gasteiger partial charge in [-0.05, 0) is 38.5 Å². The van der Waals surface area contributed by atoms with Gasteiger partial charge in [-0.25, -0.2) is 0 Å². The number of para-hydroxylation sites is 1. The predicted octanol–water partition coefficient (Wildman–Crippen LogP) is 2.72. The number of carbonyl (C=O) groups is 2. The highest BCUT2D eigenvalue weighted by Crippen LogP contribution is 2.25. The molecular weight excluding hydrogens is 332 g/mol. The molecule has 3 rings (SSSR count). The Labute approximate surface area is 153 Å². The fraction of sp³-hybridized carbons (Fsp3) is 0.400. The van der Waals surface area contributed by atoms with Crippen LogP contribution in [0.1, 0.15) is 33.7 Å². The summed E-state index contributed by atoms with van der Waals surface area (Å²) in [6.45, 7) is 7.13. The molecule has 0 aliphatic carbocycles. The Bertz CT molecular complexity index is 840. The van der Waals surface area contributed by atoms with Gasteiger partial charge in [0.25, 0.3) is 5.91 Å².